The zero-order chi connectivity index (χ0) is 53.8. The number of unbranched alkanes of at least 4 members (excludes halogenated alkanes) is 1. The van der Waals surface area contributed by atoms with Crippen LogP contribution >= 0.6 is 0 Å². The Morgan fingerprint density at radius 2 is 1.15 bits per heavy atom. The van der Waals surface area contributed by atoms with Crippen LogP contribution in [0.2, 0.25) is 0 Å². The molecule has 0 saturated heterocycles. The topological polar surface area (TPSA) is 516 Å². The zero-order valence-corrected chi connectivity index (χ0v) is 39.9. The quantitative estimate of drug-likeness (QED) is 0.0171. The summed E-state index contributed by atoms with van der Waals surface area (Å²) in [4.78, 5) is 153. The first-order valence-corrected chi connectivity index (χ1v) is 22.6. The number of aromatic amines is 1. The van der Waals surface area contributed by atoms with Gasteiger partial charge >= 0.3 is 11.9 Å². The van der Waals surface area contributed by atoms with Crippen molar-refractivity contribution in [3.8, 4) is 0 Å². The molecule has 71 heavy (non-hydrogen) atoms. The highest BCUT2D eigenvalue weighted by molar-refractivity contribution is 5.98. The first-order valence-electron chi connectivity index (χ1n) is 22.6. The van der Waals surface area contributed by atoms with Crippen molar-refractivity contribution in [3.05, 3.63) is 18.2 Å². The molecule has 0 fully saturated rings. The van der Waals surface area contributed by atoms with Gasteiger partial charge in [0.1, 0.15) is 48.3 Å². The van der Waals surface area contributed by atoms with Gasteiger partial charge in [-0.1, -0.05) is 13.8 Å². The van der Waals surface area contributed by atoms with E-state index in [-0.39, 0.29) is 69.9 Å². The van der Waals surface area contributed by atoms with E-state index >= 15 is 0 Å². The summed E-state index contributed by atoms with van der Waals surface area (Å²) in [5.41, 5.74) is 27.2. The number of H-pyrrole nitrogens is 1. The number of amides is 9. The van der Waals surface area contributed by atoms with E-state index in [0.717, 1.165) is 0 Å². The Morgan fingerprint density at radius 1 is 0.634 bits per heavy atom. The number of primary amides is 1. The molecule has 1 rings (SSSR count). The van der Waals surface area contributed by atoms with Gasteiger partial charge < -0.3 is 91.5 Å². The predicted octanol–water partition coefficient (Wildman–Crippen LogP) is -7.15. The van der Waals surface area contributed by atoms with Crippen LogP contribution < -0.4 is 71.2 Å². The molecule has 8 atom stereocenters. The van der Waals surface area contributed by atoms with Gasteiger partial charge in [0.15, 0.2) is 5.96 Å². The molecular weight excluding hydrogens is 941 g/mol. The third-order valence-corrected chi connectivity index (χ3v) is 10.2. The van der Waals surface area contributed by atoms with Crippen LogP contribution in [0.1, 0.15) is 84.3 Å². The molecule has 398 valence electrons. The predicted molar refractivity (Wildman–Crippen MR) is 250 cm³/mol. The highest BCUT2D eigenvalue weighted by atomic mass is 16.4. The molecule has 30 nitrogen and oxygen atoms in total. The van der Waals surface area contributed by atoms with E-state index in [2.05, 4.69) is 57.5 Å². The van der Waals surface area contributed by atoms with E-state index in [4.69, 9.17) is 28.7 Å². The van der Waals surface area contributed by atoms with Crippen LogP contribution in [0, 0.1) is 5.92 Å². The number of nitrogens with two attached hydrogens (primary N) is 5. The monoisotopic (exact) mass is 1010 g/mol. The minimum absolute atomic E-state index is 0.0275. The number of guanidine groups is 1. The fraction of sp³-hybridized carbons (Fsp3) is 0.634. The fourth-order valence-corrected chi connectivity index (χ4v) is 6.48. The molecule has 1 aromatic heterocycles. The Bertz CT molecular complexity index is 2000. The number of hydrogen-bond donors (Lipinski definition) is 17. The van der Waals surface area contributed by atoms with Gasteiger partial charge in [-0.25, -0.2) is 9.78 Å². The Morgan fingerprint density at radius 3 is 1.69 bits per heavy atom. The van der Waals surface area contributed by atoms with Gasteiger partial charge in [0.2, 0.25) is 53.2 Å². The summed E-state index contributed by atoms with van der Waals surface area (Å²) in [7, 11) is 0. The summed E-state index contributed by atoms with van der Waals surface area (Å²) in [6.45, 7) is 3.42. The largest absolute Gasteiger partial charge is 0.481 e. The molecule has 1 aromatic rings. The molecule has 0 saturated carbocycles. The number of aliphatic carboxylic acids is 2. The maximum Gasteiger partial charge on any atom is 0.326 e. The third-order valence-electron chi connectivity index (χ3n) is 10.2. The lowest BCUT2D eigenvalue weighted by Crippen LogP contribution is -2.60. The number of hydrogen-bond acceptors (Lipinski definition) is 16. The van der Waals surface area contributed by atoms with Crippen LogP contribution in [-0.4, -0.2) is 171 Å². The highest BCUT2D eigenvalue weighted by Gasteiger charge is 2.35. The number of aromatic nitrogens is 2. The fourth-order valence-electron chi connectivity index (χ4n) is 6.48. The first kappa shape index (κ1) is 61.5. The molecule has 30 heteroatoms. The summed E-state index contributed by atoms with van der Waals surface area (Å²) in [6.07, 6.45) is 1.32. The maximum absolute atomic E-state index is 14.2. The molecule has 0 bridgehead atoms. The number of carbonyl (C=O) groups excluding carboxylic acids is 9. The Hall–Kier alpha value is -7.47. The van der Waals surface area contributed by atoms with Crippen LogP contribution in [-0.2, 0) is 59.2 Å². The van der Waals surface area contributed by atoms with Gasteiger partial charge in [-0.15, -0.1) is 0 Å². The van der Waals surface area contributed by atoms with E-state index in [0.29, 0.717) is 12.1 Å². The lowest BCUT2D eigenvalue weighted by Gasteiger charge is -2.28. The summed E-state index contributed by atoms with van der Waals surface area (Å²) < 4.78 is 0. The number of carbonyl (C=O) groups is 11. The number of aliphatic hydroxyl groups is 1. The van der Waals surface area contributed by atoms with Crippen LogP contribution in [0.15, 0.2) is 17.5 Å². The van der Waals surface area contributed by atoms with Crippen LogP contribution in [0.5, 0.6) is 0 Å². The Balaban J connectivity index is 3.41. The number of carboxylic acid groups (broad SMARTS) is 2. The third kappa shape index (κ3) is 24.6. The summed E-state index contributed by atoms with van der Waals surface area (Å²) in [5, 5.41) is 47.7. The molecule has 0 unspecified atom stereocenters. The smallest absolute Gasteiger partial charge is 0.326 e. The number of carboxylic acids is 2. The second-order valence-electron chi connectivity index (χ2n) is 16.7. The molecule has 0 aliphatic heterocycles. The molecule has 0 spiro atoms. The summed E-state index contributed by atoms with van der Waals surface area (Å²) in [5.74, 6) is -12.1. The van der Waals surface area contributed by atoms with Gasteiger partial charge in [0.05, 0.1) is 25.9 Å². The van der Waals surface area contributed by atoms with Crippen molar-refractivity contribution >= 4 is 71.1 Å². The minimum atomic E-state index is -1.81. The minimum Gasteiger partial charge on any atom is -0.481 e. The molecule has 22 N–H and O–H groups in total. The lowest BCUT2D eigenvalue weighted by atomic mass is 10.0. The Labute approximate surface area is 408 Å². The number of aliphatic imine (C=N–C) groups is 1. The van der Waals surface area contributed by atoms with Gasteiger partial charge in [-0.3, -0.25) is 52.9 Å². The van der Waals surface area contributed by atoms with Crippen LogP contribution in [0.4, 0.5) is 0 Å². The average Bonchev–Trinajstić information content (AvgIpc) is 3.81. The van der Waals surface area contributed by atoms with Crippen LogP contribution in [0.3, 0.4) is 0 Å². The van der Waals surface area contributed by atoms with E-state index in [9.17, 15) is 68.1 Å². The maximum atomic E-state index is 14.2. The number of nitrogens with one attached hydrogen (secondary N) is 9. The van der Waals surface area contributed by atoms with Gasteiger partial charge in [-0.2, -0.15) is 0 Å². The molecule has 0 radical (unpaired) electrons. The van der Waals surface area contributed by atoms with Gasteiger partial charge in [0.25, 0.3) is 0 Å². The standard InChI is InChI=1S/C41H70N16O14/c1-20(2)13-26(37(67)53-24(9-10-30(44)59)35(65)54-25(40(70)71)8-6-12-48-41(45)46)55-38(68)27(14-22-17-47-19-49-22)56-34(64)23(7-4-5-11-42)52-33(63)21(3)50-36(66)28(15-32(61)62)57-39(69)29(18-58)51-31(60)16-43/h17,19-21,23-29,58H,4-16,18,42-43H2,1-3H3,(H2,44,59)(H,47,49)(H,50,66)(H,51,60)(H,52,63)(H,53,67)(H,54,65)(H,55,68)(H,56,64)(H,57,69)(H,61,62)(H,70,71)(H4,45,46,48)/t21-,23-,24-,25-,26-,27-,28-,29-/m0/s1. The zero-order valence-electron chi connectivity index (χ0n) is 39.9. The molecule has 1 heterocycles. The number of rotatable bonds is 35. The molecule has 0 aromatic carbocycles. The number of imidazole rings is 1. The molecule has 0 aliphatic carbocycles. The highest BCUT2D eigenvalue weighted by Crippen LogP contribution is 2.11. The van der Waals surface area contributed by atoms with Crippen LogP contribution in [0.25, 0.3) is 0 Å². The van der Waals surface area contributed by atoms with E-state index in [1.54, 1.807) is 13.8 Å². The van der Waals surface area contributed by atoms with Gasteiger partial charge in [0, 0.05) is 31.3 Å². The van der Waals surface area contributed by atoms with Crippen molar-refractivity contribution in [3.63, 3.8) is 0 Å². The van der Waals surface area contributed by atoms with Crippen molar-refractivity contribution in [2.75, 3.05) is 26.2 Å². The van der Waals surface area contributed by atoms with Gasteiger partial charge in [-0.05, 0) is 64.3 Å². The SMILES string of the molecule is CC(C)C[C@H](NC(=O)[C@H](Cc1cnc[nH]1)NC(=O)[C@H](CCCCN)NC(=O)[C@H](C)NC(=O)[C@H](CC(=O)O)NC(=O)[C@H](CO)NC(=O)CN)C(=O)N[C@@H](CCC(N)=O)C(=O)N[C@@H](CCCN=C(N)N)C(=O)O. The van der Waals surface area contributed by atoms with E-state index in [1.165, 1.54) is 19.4 Å². The average molecular weight is 1010 g/mol. The summed E-state index contributed by atoms with van der Waals surface area (Å²) in [6, 6.07) is -12.1. The molecule has 0 aliphatic rings. The lowest BCUT2D eigenvalue weighted by molar-refractivity contribution is -0.143. The number of aliphatic hydroxyl groups excluding tert-OH is 1. The normalized spacial score (nSPS) is 14.3. The Kier molecular flexibility index (Phi) is 28.1. The van der Waals surface area contributed by atoms with E-state index in [1.807, 2.05) is 0 Å². The van der Waals surface area contributed by atoms with Crippen molar-refractivity contribution in [1.29, 1.82) is 0 Å². The van der Waals surface area contributed by atoms with Crippen molar-refractivity contribution < 1.29 is 68.1 Å². The second-order valence-corrected chi connectivity index (χ2v) is 16.7. The van der Waals surface area contributed by atoms with Crippen molar-refractivity contribution in [1.82, 2.24) is 52.5 Å². The van der Waals surface area contributed by atoms with Crippen molar-refractivity contribution in [2.24, 2.45) is 39.6 Å². The van der Waals surface area contributed by atoms with E-state index < -0.39 is 139 Å². The molecular formula is C41H70N16O14. The summed E-state index contributed by atoms with van der Waals surface area (Å²) >= 11 is 0. The van der Waals surface area contributed by atoms with Crippen molar-refractivity contribution in [2.45, 2.75) is 133 Å². The first-order chi connectivity index (χ1) is 33.4. The second kappa shape index (κ2) is 32.4. The molecule has 9 amide bonds. The number of nitrogens with zero attached hydrogens (tertiary/aromatic N) is 2.